The average molecular weight is 247 g/mol. The van der Waals surface area contributed by atoms with Crippen LogP contribution in [0.3, 0.4) is 0 Å². The minimum absolute atomic E-state index is 0.319. The highest BCUT2D eigenvalue weighted by Crippen LogP contribution is 2.37. The third-order valence-corrected chi connectivity index (χ3v) is 2.30. The number of nitrogens with zero attached hydrogens (tertiary/aromatic N) is 1. The van der Waals surface area contributed by atoms with E-state index in [1.807, 2.05) is 0 Å². The molecule has 0 atom stereocenters. The maximum atomic E-state index is 12.5. The molecule has 7 heteroatoms. The summed E-state index contributed by atoms with van der Waals surface area (Å²) in [4.78, 5) is 20.8. The van der Waals surface area contributed by atoms with Gasteiger partial charge in [0.1, 0.15) is 0 Å². The predicted molar refractivity (Wildman–Crippen MR) is 52.8 cm³/mol. The number of nitro groups is 1. The van der Waals surface area contributed by atoms with E-state index in [9.17, 15) is 28.1 Å². The van der Waals surface area contributed by atoms with Crippen LogP contribution >= 0.6 is 0 Å². The van der Waals surface area contributed by atoms with Gasteiger partial charge >= 0.3 is 6.18 Å². The monoisotopic (exact) mass is 247 g/mol. The van der Waals surface area contributed by atoms with Crippen LogP contribution in [-0.2, 0) is 6.18 Å². The summed E-state index contributed by atoms with van der Waals surface area (Å²) in [7, 11) is 0. The lowest BCUT2D eigenvalue weighted by Gasteiger charge is -2.11. The van der Waals surface area contributed by atoms with E-state index >= 15 is 0 Å². The molecule has 17 heavy (non-hydrogen) atoms. The minimum Gasteiger partial charge on any atom is -0.294 e. The van der Waals surface area contributed by atoms with Crippen LogP contribution < -0.4 is 0 Å². The van der Waals surface area contributed by atoms with E-state index in [-0.39, 0.29) is 5.56 Å². The standard InChI is InChI=1S/C10H8F3NO3/c1-5-8(10(11,12)13)4-3-7(6(2)15)9(5)14(16)17/h3-4H,1-2H3. The number of hydrogen-bond donors (Lipinski definition) is 0. The van der Waals surface area contributed by atoms with E-state index in [1.165, 1.54) is 0 Å². The molecule has 0 aliphatic carbocycles. The van der Waals surface area contributed by atoms with Crippen LogP contribution in [0.2, 0.25) is 0 Å². The van der Waals surface area contributed by atoms with E-state index in [0.717, 1.165) is 19.9 Å². The molecule has 0 unspecified atom stereocenters. The summed E-state index contributed by atoms with van der Waals surface area (Å²) < 4.78 is 37.6. The summed E-state index contributed by atoms with van der Waals surface area (Å²) in [6.07, 6.45) is -4.68. The smallest absolute Gasteiger partial charge is 0.294 e. The van der Waals surface area contributed by atoms with Crippen molar-refractivity contribution in [2.45, 2.75) is 20.0 Å². The van der Waals surface area contributed by atoms with Gasteiger partial charge in [-0.3, -0.25) is 14.9 Å². The number of nitro benzene ring substituents is 1. The number of carbonyl (C=O) groups excluding carboxylic acids is 1. The second-order valence-electron chi connectivity index (χ2n) is 3.45. The molecular formula is C10H8F3NO3. The van der Waals surface area contributed by atoms with Gasteiger partial charge in [0.05, 0.1) is 16.1 Å². The molecule has 0 saturated carbocycles. The summed E-state index contributed by atoms with van der Waals surface area (Å²) in [5, 5.41) is 10.7. The number of alkyl halides is 3. The van der Waals surface area contributed by atoms with Gasteiger partial charge in [0.15, 0.2) is 5.78 Å². The van der Waals surface area contributed by atoms with Gasteiger partial charge < -0.3 is 0 Å². The van der Waals surface area contributed by atoms with Crippen LogP contribution in [0, 0.1) is 17.0 Å². The molecule has 0 heterocycles. The van der Waals surface area contributed by atoms with Crippen LogP contribution in [0.4, 0.5) is 18.9 Å². The summed E-state index contributed by atoms with van der Waals surface area (Å²) in [5.74, 6) is -0.645. The zero-order valence-corrected chi connectivity index (χ0v) is 8.96. The van der Waals surface area contributed by atoms with Crippen LogP contribution in [0.15, 0.2) is 12.1 Å². The largest absolute Gasteiger partial charge is 0.416 e. The number of carbonyl (C=O) groups is 1. The predicted octanol–water partition coefficient (Wildman–Crippen LogP) is 3.12. The van der Waals surface area contributed by atoms with Crippen molar-refractivity contribution < 1.29 is 22.9 Å². The number of hydrogen-bond acceptors (Lipinski definition) is 3. The van der Waals surface area contributed by atoms with Crippen molar-refractivity contribution in [3.8, 4) is 0 Å². The van der Waals surface area contributed by atoms with E-state index in [0.29, 0.717) is 6.07 Å². The number of ketones is 1. The third kappa shape index (κ3) is 2.43. The fourth-order valence-corrected chi connectivity index (χ4v) is 1.53. The van der Waals surface area contributed by atoms with E-state index in [2.05, 4.69) is 0 Å². The van der Waals surface area contributed by atoms with Crippen LogP contribution in [0.5, 0.6) is 0 Å². The van der Waals surface area contributed by atoms with Crippen molar-refractivity contribution in [2.24, 2.45) is 0 Å². The molecule has 1 aromatic carbocycles. The van der Waals surface area contributed by atoms with Crippen molar-refractivity contribution >= 4 is 11.5 Å². The molecule has 0 saturated heterocycles. The second kappa shape index (κ2) is 4.15. The van der Waals surface area contributed by atoms with Crippen molar-refractivity contribution in [3.05, 3.63) is 38.9 Å². The van der Waals surface area contributed by atoms with Gasteiger partial charge in [-0.2, -0.15) is 13.2 Å². The highest BCUT2D eigenvalue weighted by molar-refractivity contribution is 5.98. The SMILES string of the molecule is CC(=O)c1ccc(C(F)(F)F)c(C)c1[N+](=O)[O-]. The molecular weight excluding hydrogens is 239 g/mol. The highest BCUT2D eigenvalue weighted by atomic mass is 19.4. The summed E-state index contributed by atoms with van der Waals surface area (Å²) in [6, 6.07) is 1.51. The summed E-state index contributed by atoms with van der Waals surface area (Å²) in [6.45, 7) is 2.04. The van der Waals surface area contributed by atoms with Gasteiger partial charge in [-0.05, 0) is 26.0 Å². The van der Waals surface area contributed by atoms with Gasteiger partial charge in [-0.25, -0.2) is 0 Å². The molecule has 1 rings (SSSR count). The lowest BCUT2D eigenvalue weighted by atomic mass is 9.99. The quantitative estimate of drug-likeness (QED) is 0.458. The molecule has 0 bridgehead atoms. The zero-order valence-electron chi connectivity index (χ0n) is 8.96. The first-order valence-electron chi connectivity index (χ1n) is 4.52. The first-order chi connectivity index (χ1) is 7.66. The zero-order chi connectivity index (χ0) is 13.4. The normalized spacial score (nSPS) is 11.4. The molecule has 0 aromatic heterocycles. The van der Waals surface area contributed by atoms with Crippen molar-refractivity contribution in [2.75, 3.05) is 0 Å². The first-order valence-corrected chi connectivity index (χ1v) is 4.52. The second-order valence-corrected chi connectivity index (χ2v) is 3.45. The lowest BCUT2D eigenvalue weighted by molar-refractivity contribution is -0.385. The van der Waals surface area contributed by atoms with Crippen molar-refractivity contribution in [1.82, 2.24) is 0 Å². The maximum Gasteiger partial charge on any atom is 0.416 e. The Kier molecular flexibility index (Phi) is 3.21. The molecule has 0 fully saturated rings. The Bertz CT molecular complexity index is 494. The van der Waals surface area contributed by atoms with Gasteiger partial charge in [0, 0.05) is 5.56 Å². The lowest BCUT2D eigenvalue weighted by Crippen LogP contribution is -2.11. The Hall–Kier alpha value is -1.92. The first kappa shape index (κ1) is 13.1. The van der Waals surface area contributed by atoms with E-state index in [4.69, 9.17) is 0 Å². The molecule has 0 aliphatic rings. The summed E-state index contributed by atoms with van der Waals surface area (Å²) >= 11 is 0. The topological polar surface area (TPSA) is 60.2 Å². The molecule has 92 valence electrons. The van der Waals surface area contributed by atoms with Gasteiger partial charge in [0.2, 0.25) is 0 Å². The Balaban J connectivity index is 3.61. The third-order valence-electron chi connectivity index (χ3n) is 2.30. The van der Waals surface area contributed by atoms with Gasteiger partial charge in [-0.15, -0.1) is 0 Å². The van der Waals surface area contributed by atoms with E-state index < -0.39 is 33.7 Å². The molecule has 0 amide bonds. The maximum absolute atomic E-state index is 12.5. The van der Waals surface area contributed by atoms with E-state index in [1.54, 1.807) is 0 Å². The fraction of sp³-hybridized carbons (Fsp3) is 0.300. The Morgan fingerprint density at radius 1 is 1.35 bits per heavy atom. The number of rotatable bonds is 2. The van der Waals surface area contributed by atoms with Crippen LogP contribution in [-0.4, -0.2) is 10.7 Å². The Labute approximate surface area is 94.2 Å². The molecule has 1 aromatic rings. The molecule has 4 nitrogen and oxygen atoms in total. The number of halogens is 3. The minimum atomic E-state index is -4.68. The highest BCUT2D eigenvalue weighted by Gasteiger charge is 2.36. The Morgan fingerprint density at radius 2 is 1.88 bits per heavy atom. The van der Waals surface area contributed by atoms with Gasteiger partial charge in [-0.1, -0.05) is 0 Å². The van der Waals surface area contributed by atoms with Gasteiger partial charge in [0.25, 0.3) is 5.69 Å². The summed E-state index contributed by atoms with van der Waals surface area (Å²) in [5.41, 5.74) is -2.75. The average Bonchev–Trinajstić information content (AvgIpc) is 2.13. The molecule has 0 radical (unpaired) electrons. The molecule has 0 spiro atoms. The molecule has 0 aliphatic heterocycles. The Morgan fingerprint density at radius 3 is 2.24 bits per heavy atom. The van der Waals surface area contributed by atoms with Crippen LogP contribution in [0.1, 0.15) is 28.4 Å². The number of benzene rings is 1. The molecule has 0 N–H and O–H groups in total. The fourth-order valence-electron chi connectivity index (χ4n) is 1.53. The van der Waals surface area contributed by atoms with Crippen LogP contribution in [0.25, 0.3) is 0 Å². The number of Topliss-reactive ketones (excluding diaryl/α,β-unsaturated/α-hetero) is 1. The van der Waals surface area contributed by atoms with Crippen molar-refractivity contribution in [3.63, 3.8) is 0 Å². The van der Waals surface area contributed by atoms with Crippen molar-refractivity contribution in [1.29, 1.82) is 0 Å².